The van der Waals surface area contributed by atoms with Gasteiger partial charge in [-0.1, -0.05) is 15.9 Å². The summed E-state index contributed by atoms with van der Waals surface area (Å²) in [5.41, 5.74) is 7.49. The molecule has 0 saturated carbocycles. The Bertz CT molecular complexity index is 674. The van der Waals surface area contributed by atoms with E-state index in [9.17, 15) is 0 Å². The number of aromatic nitrogens is 2. The highest BCUT2D eigenvalue weighted by molar-refractivity contribution is 9.10. The maximum atomic E-state index is 5.56. The van der Waals surface area contributed by atoms with E-state index in [4.69, 9.17) is 5.73 Å². The summed E-state index contributed by atoms with van der Waals surface area (Å²) in [6.07, 6.45) is 0. The third kappa shape index (κ3) is 2.13. The average molecular weight is 326 g/mol. The first-order valence-corrected chi connectivity index (χ1v) is 7.46. The molecule has 3 rings (SSSR count). The number of hydrogen-bond donors (Lipinski definition) is 1. The Morgan fingerprint density at radius 3 is 2.94 bits per heavy atom. The van der Waals surface area contributed by atoms with E-state index in [-0.39, 0.29) is 0 Å². The van der Waals surface area contributed by atoms with Gasteiger partial charge in [0, 0.05) is 16.4 Å². The zero-order valence-corrected chi connectivity index (χ0v) is 11.9. The monoisotopic (exact) mass is 325 g/mol. The van der Waals surface area contributed by atoms with Crippen molar-refractivity contribution in [3.8, 4) is 10.7 Å². The summed E-state index contributed by atoms with van der Waals surface area (Å²) in [4.78, 5) is 9.02. The number of thiazole rings is 2. The highest BCUT2D eigenvalue weighted by atomic mass is 79.9. The van der Waals surface area contributed by atoms with Gasteiger partial charge < -0.3 is 5.73 Å². The highest BCUT2D eigenvalue weighted by Gasteiger charge is 2.09. The van der Waals surface area contributed by atoms with Crippen LogP contribution in [0.25, 0.3) is 20.9 Å². The molecule has 6 heteroatoms. The van der Waals surface area contributed by atoms with Crippen LogP contribution in [0.2, 0.25) is 0 Å². The van der Waals surface area contributed by atoms with Gasteiger partial charge in [0.2, 0.25) is 0 Å². The molecule has 0 aliphatic heterocycles. The number of fused-ring (bicyclic) bond motifs is 1. The number of rotatable bonds is 2. The van der Waals surface area contributed by atoms with Gasteiger partial charge in [0.15, 0.2) is 0 Å². The molecule has 0 saturated heterocycles. The first kappa shape index (κ1) is 11.3. The lowest BCUT2D eigenvalue weighted by atomic mass is 10.3. The minimum Gasteiger partial charge on any atom is -0.325 e. The van der Waals surface area contributed by atoms with Crippen LogP contribution in [0.1, 0.15) is 5.01 Å². The minimum absolute atomic E-state index is 0.487. The number of nitrogens with two attached hydrogens (primary N) is 1. The molecule has 0 atom stereocenters. The van der Waals surface area contributed by atoms with Crippen molar-refractivity contribution < 1.29 is 0 Å². The van der Waals surface area contributed by atoms with Crippen molar-refractivity contribution in [1.29, 1.82) is 0 Å². The summed E-state index contributed by atoms with van der Waals surface area (Å²) in [6, 6.07) is 6.08. The Kier molecular flexibility index (Phi) is 2.96. The van der Waals surface area contributed by atoms with E-state index in [1.807, 2.05) is 17.5 Å². The molecular weight excluding hydrogens is 318 g/mol. The van der Waals surface area contributed by atoms with Gasteiger partial charge in [-0.3, -0.25) is 0 Å². The van der Waals surface area contributed by atoms with Crippen LogP contribution in [-0.4, -0.2) is 9.97 Å². The van der Waals surface area contributed by atoms with Gasteiger partial charge in [-0.2, -0.15) is 0 Å². The van der Waals surface area contributed by atoms with Gasteiger partial charge in [0.25, 0.3) is 0 Å². The van der Waals surface area contributed by atoms with E-state index >= 15 is 0 Å². The normalized spacial score (nSPS) is 11.2. The number of benzene rings is 1. The lowest BCUT2D eigenvalue weighted by Gasteiger charge is -1.86. The summed E-state index contributed by atoms with van der Waals surface area (Å²) in [5, 5.41) is 3.91. The maximum Gasteiger partial charge on any atom is 0.143 e. The van der Waals surface area contributed by atoms with Gasteiger partial charge in [-0.05, 0) is 18.2 Å². The van der Waals surface area contributed by atoms with Crippen LogP contribution < -0.4 is 5.73 Å². The second-order valence-electron chi connectivity index (χ2n) is 3.46. The molecule has 0 bridgehead atoms. The molecule has 0 aliphatic carbocycles. The van der Waals surface area contributed by atoms with Crippen LogP contribution >= 0.6 is 38.6 Å². The third-order valence-electron chi connectivity index (χ3n) is 2.30. The van der Waals surface area contributed by atoms with E-state index in [2.05, 4.69) is 32.0 Å². The first-order chi connectivity index (χ1) is 8.26. The van der Waals surface area contributed by atoms with E-state index < -0.39 is 0 Å². The average Bonchev–Trinajstić information content (AvgIpc) is 2.93. The van der Waals surface area contributed by atoms with Gasteiger partial charge in [-0.15, -0.1) is 22.7 Å². The fraction of sp³-hybridized carbons (Fsp3) is 0.0909. The van der Waals surface area contributed by atoms with E-state index in [0.717, 1.165) is 30.4 Å². The maximum absolute atomic E-state index is 5.56. The fourth-order valence-electron chi connectivity index (χ4n) is 1.51. The molecule has 0 amide bonds. The van der Waals surface area contributed by atoms with Gasteiger partial charge >= 0.3 is 0 Å². The van der Waals surface area contributed by atoms with Crippen molar-refractivity contribution in [2.75, 3.05) is 0 Å². The molecule has 0 spiro atoms. The van der Waals surface area contributed by atoms with Crippen molar-refractivity contribution in [2.24, 2.45) is 5.73 Å². The molecule has 1 aromatic carbocycles. The lowest BCUT2D eigenvalue weighted by Crippen LogP contribution is -1.94. The fourth-order valence-corrected chi connectivity index (χ4v) is 3.72. The molecule has 0 unspecified atom stereocenters. The molecule has 86 valence electrons. The molecule has 2 heterocycles. The molecule has 3 aromatic rings. The van der Waals surface area contributed by atoms with Crippen LogP contribution in [0.15, 0.2) is 28.1 Å². The van der Waals surface area contributed by atoms with Gasteiger partial charge in [-0.25, -0.2) is 9.97 Å². The SMILES string of the molecule is NCc1nc(-c2nc3ccc(Br)cc3s2)cs1. The Hall–Kier alpha value is -0.820. The van der Waals surface area contributed by atoms with Crippen molar-refractivity contribution in [3.63, 3.8) is 0 Å². The lowest BCUT2D eigenvalue weighted by molar-refractivity contribution is 1.04. The van der Waals surface area contributed by atoms with E-state index in [1.165, 1.54) is 0 Å². The smallest absolute Gasteiger partial charge is 0.143 e. The molecule has 2 N–H and O–H groups in total. The second kappa shape index (κ2) is 4.45. The van der Waals surface area contributed by atoms with Gasteiger partial charge in [0.1, 0.15) is 15.7 Å². The molecule has 0 fully saturated rings. The zero-order chi connectivity index (χ0) is 11.8. The number of nitrogens with zero attached hydrogens (tertiary/aromatic N) is 2. The summed E-state index contributed by atoms with van der Waals surface area (Å²) in [6.45, 7) is 0.487. The van der Waals surface area contributed by atoms with Gasteiger partial charge in [0.05, 0.1) is 10.2 Å². The van der Waals surface area contributed by atoms with E-state index in [1.54, 1.807) is 22.7 Å². The molecule has 17 heavy (non-hydrogen) atoms. The molecule has 3 nitrogen and oxygen atoms in total. The van der Waals surface area contributed by atoms with Crippen LogP contribution in [0.5, 0.6) is 0 Å². The van der Waals surface area contributed by atoms with Crippen molar-refractivity contribution in [1.82, 2.24) is 9.97 Å². The highest BCUT2D eigenvalue weighted by Crippen LogP contribution is 2.32. The third-order valence-corrected chi connectivity index (χ3v) is 4.70. The molecule has 0 radical (unpaired) electrons. The van der Waals surface area contributed by atoms with Crippen molar-refractivity contribution in [2.45, 2.75) is 6.54 Å². The predicted octanol–water partition coefficient (Wildman–Crippen LogP) is 3.64. The predicted molar refractivity (Wildman–Crippen MR) is 76.3 cm³/mol. The van der Waals surface area contributed by atoms with Crippen LogP contribution in [-0.2, 0) is 6.54 Å². The van der Waals surface area contributed by atoms with E-state index in [0.29, 0.717) is 6.54 Å². The number of hydrogen-bond acceptors (Lipinski definition) is 5. The topological polar surface area (TPSA) is 51.8 Å². The first-order valence-electron chi connectivity index (χ1n) is 4.97. The van der Waals surface area contributed by atoms with Crippen molar-refractivity contribution in [3.05, 3.63) is 33.1 Å². The molecule has 2 aromatic heterocycles. The summed E-state index contributed by atoms with van der Waals surface area (Å²) in [7, 11) is 0. The molecular formula is C11H8BrN3S2. The van der Waals surface area contributed by atoms with Crippen LogP contribution in [0, 0.1) is 0 Å². The van der Waals surface area contributed by atoms with Crippen molar-refractivity contribution >= 4 is 48.8 Å². The molecule has 0 aliphatic rings. The second-order valence-corrected chi connectivity index (χ2v) is 6.35. The van der Waals surface area contributed by atoms with Crippen LogP contribution in [0.4, 0.5) is 0 Å². The standard InChI is InChI=1S/C11H8BrN3S2/c12-6-1-2-7-9(3-6)17-11(15-7)8-5-16-10(4-13)14-8/h1-3,5H,4,13H2. The Morgan fingerprint density at radius 1 is 1.29 bits per heavy atom. The number of halogens is 1. The zero-order valence-electron chi connectivity index (χ0n) is 8.68. The Balaban J connectivity index is 2.11. The Morgan fingerprint density at radius 2 is 2.18 bits per heavy atom. The Labute approximate surface area is 114 Å². The summed E-state index contributed by atoms with van der Waals surface area (Å²) >= 11 is 6.69. The summed E-state index contributed by atoms with van der Waals surface area (Å²) < 4.78 is 2.23. The quantitative estimate of drug-likeness (QED) is 0.782. The summed E-state index contributed by atoms with van der Waals surface area (Å²) in [5.74, 6) is 0. The minimum atomic E-state index is 0.487. The largest absolute Gasteiger partial charge is 0.325 e. The van der Waals surface area contributed by atoms with Crippen LogP contribution in [0.3, 0.4) is 0 Å².